The Labute approximate surface area is 153 Å². The average molecular weight is 348 g/mol. The van der Waals surface area contributed by atoms with Gasteiger partial charge in [0.2, 0.25) is 0 Å². The van der Waals surface area contributed by atoms with Crippen LogP contribution in [0.2, 0.25) is 0 Å². The zero-order valence-corrected chi connectivity index (χ0v) is 15.3. The lowest BCUT2D eigenvalue weighted by atomic mass is 10.1. The Hall–Kier alpha value is -2.60. The van der Waals surface area contributed by atoms with Crippen molar-refractivity contribution in [2.45, 2.75) is 51.7 Å². The Balaban J connectivity index is 1.36. The third-order valence-corrected chi connectivity index (χ3v) is 4.72. The summed E-state index contributed by atoms with van der Waals surface area (Å²) in [4.78, 5) is 13.6. The van der Waals surface area contributed by atoms with Gasteiger partial charge in [-0.3, -0.25) is 0 Å². The number of nitrogens with one attached hydrogen (secondary N) is 1. The molecule has 1 aliphatic heterocycles. The van der Waals surface area contributed by atoms with E-state index in [1.54, 1.807) is 0 Å². The van der Waals surface area contributed by atoms with Crippen LogP contribution in [0.15, 0.2) is 42.7 Å². The standard InChI is InChI=1S/C20H24N6/c1-14(2)19-24-18-9-8-17(13-26(18)25-19)21-10-15-11-22-20(23-12-15)16-6-4-3-5-7-16/h3-7,11-12,14,17,21H,8-10,13H2,1-2H3. The molecule has 0 saturated carbocycles. The average Bonchev–Trinajstić information content (AvgIpc) is 3.11. The van der Waals surface area contributed by atoms with Crippen molar-refractivity contribution in [3.8, 4) is 11.4 Å². The predicted molar refractivity (Wildman–Crippen MR) is 101 cm³/mol. The second kappa shape index (κ2) is 7.33. The molecule has 1 N–H and O–H groups in total. The van der Waals surface area contributed by atoms with Gasteiger partial charge >= 0.3 is 0 Å². The largest absolute Gasteiger partial charge is 0.308 e. The van der Waals surface area contributed by atoms with Gasteiger partial charge < -0.3 is 5.32 Å². The zero-order valence-electron chi connectivity index (χ0n) is 15.3. The van der Waals surface area contributed by atoms with Gasteiger partial charge in [-0.15, -0.1) is 0 Å². The van der Waals surface area contributed by atoms with Crippen molar-refractivity contribution in [2.75, 3.05) is 0 Å². The summed E-state index contributed by atoms with van der Waals surface area (Å²) in [6, 6.07) is 10.4. The Kier molecular flexibility index (Phi) is 4.75. The van der Waals surface area contributed by atoms with E-state index in [0.29, 0.717) is 12.0 Å². The van der Waals surface area contributed by atoms with Crippen LogP contribution in [0.4, 0.5) is 0 Å². The summed E-state index contributed by atoms with van der Waals surface area (Å²) in [6.07, 6.45) is 5.87. The highest BCUT2D eigenvalue weighted by molar-refractivity contribution is 5.53. The van der Waals surface area contributed by atoms with Crippen molar-refractivity contribution in [3.05, 3.63) is 59.9 Å². The highest BCUT2D eigenvalue weighted by atomic mass is 15.4. The number of aryl methyl sites for hydroxylation is 1. The second-order valence-electron chi connectivity index (χ2n) is 7.12. The summed E-state index contributed by atoms with van der Waals surface area (Å²) in [5.41, 5.74) is 2.14. The van der Waals surface area contributed by atoms with E-state index in [9.17, 15) is 0 Å². The Morgan fingerprint density at radius 3 is 2.65 bits per heavy atom. The summed E-state index contributed by atoms with van der Waals surface area (Å²) < 4.78 is 2.06. The number of benzene rings is 1. The van der Waals surface area contributed by atoms with Crippen LogP contribution in [0, 0.1) is 0 Å². The van der Waals surface area contributed by atoms with Crippen molar-refractivity contribution in [1.29, 1.82) is 0 Å². The highest BCUT2D eigenvalue weighted by Gasteiger charge is 2.22. The molecule has 1 unspecified atom stereocenters. The smallest absolute Gasteiger partial charge is 0.159 e. The van der Waals surface area contributed by atoms with E-state index in [-0.39, 0.29) is 0 Å². The summed E-state index contributed by atoms with van der Waals surface area (Å²) in [7, 11) is 0. The van der Waals surface area contributed by atoms with Crippen LogP contribution in [0.1, 0.15) is 43.4 Å². The van der Waals surface area contributed by atoms with Crippen LogP contribution in [-0.2, 0) is 19.5 Å². The Morgan fingerprint density at radius 2 is 1.92 bits per heavy atom. The molecule has 134 valence electrons. The summed E-state index contributed by atoms with van der Waals surface area (Å²) >= 11 is 0. The van der Waals surface area contributed by atoms with E-state index in [0.717, 1.165) is 54.5 Å². The maximum Gasteiger partial charge on any atom is 0.159 e. The van der Waals surface area contributed by atoms with Crippen molar-refractivity contribution in [3.63, 3.8) is 0 Å². The topological polar surface area (TPSA) is 68.5 Å². The van der Waals surface area contributed by atoms with Gasteiger partial charge in [-0.25, -0.2) is 19.6 Å². The first-order valence-corrected chi connectivity index (χ1v) is 9.22. The number of nitrogens with zero attached hydrogens (tertiary/aromatic N) is 5. The summed E-state index contributed by atoms with van der Waals surface area (Å²) in [5, 5.41) is 8.25. The number of fused-ring (bicyclic) bond motifs is 1. The predicted octanol–water partition coefficient (Wildman–Crippen LogP) is 2.96. The van der Waals surface area contributed by atoms with Crippen LogP contribution in [0.3, 0.4) is 0 Å². The van der Waals surface area contributed by atoms with Crippen LogP contribution < -0.4 is 5.32 Å². The first-order valence-electron chi connectivity index (χ1n) is 9.22. The summed E-state index contributed by atoms with van der Waals surface area (Å²) in [5.74, 6) is 3.20. The first kappa shape index (κ1) is 16.8. The normalized spacial score (nSPS) is 16.7. The number of hydrogen-bond donors (Lipinski definition) is 1. The molecular weight excluding hydrogens is 324 g/mol. The molecule has 3 aromatic rings. The molecule has 0 saturated heterocycles. The fourth-order valence-corrected chi connectivity index (χ4v) is 3.18. The van der Waals surface area contributed by atoms with Crippen LogP contribution >= 0.6 is 0 Å². The van der Waals surface area contributed by atoms with Gasteiger partial charge in [-0.05, 0) is 6.42 Å². The first-order chi connectivity index (χ1) is 12.7. The lowest BCUT2D eigenvalue weighted by Gasteiger charge is -2.23. The number of hydrogen-bond acceptors (Lipinski definition) is 5. The van der Waals surface area contributed by atoms with Gasteiger partial charge in [-0.2, -0.15) is 5.10 Å². The molecule has 0 amide bonds. The van der Waals surface area contributed by atoms with Gasteiger partial charge in [0.25, 0.3) is 0 Å². The summed E-state index contributed by atoms with van der Waals surface area (Å²) in [6.45, 7) is 5.91. The SMILES string of the molecule is CC(C)c1nc2n(n1)CC(NCc1cnc(-c3ccccc3)nc1)CC2. The number of rotatable bonds is 5. The minimum absolute atomic E-state index is 0.375. The lowest BCUT2D eigenvalue weighted by molar-refractivity contribution is 0.357. The number of aromatic nitrogens is 5. The molecule has 26 heavy (non-hydrogen) atoms. The van der Waals surface area contributed by atoms with Gasteiger partial charge in [-0.1, -0.05) is 44.2 Å². The van der Waals surface area contributed by atoms with Crippen molar-refractivity contribution in [1.82, 2.24) is 30.0 Å². The second-order valence-corrected chi connectivity index (χ2v) is 7.12. The van der Waals surface area contributed by atoms with E-state index < -0.39 is 0 Å². The molecule has 0 bridgehead atoms. The minimum Gasteiger partial charge on any atom is -0.308 e. The van der Waals surface area contributed by atoms with Crippen molar-refractivity contribution >= 4 is 0 Å². The van der Waals surface area contributed by atoms with Crippen LogP contribution in [-0.4, -0.2) is 30.8 Å². The third-order valence-electron chi connectivity index (χ3n) is 4.72. The fraction of sp³-hybridized carbons (Fsp3) is 0.400. The van der Waals surface area contributed by atoms with E-state index in [4.69, 9.17) is 0 Å². The van der Waals surface area contributed by atoms with Crippen LogP contribution in [0.25, 0.3) is 11.4 Å². The van der Waals surface area contributed by atoms with E-state index in [1.165, 1.54) is 0 Å². The maximum absolute atomic E-state index is 4.65. The maximum atomic E-state index is 4.65. The van der Waals surface area contributed by atoms with E-state index in [2.05, 4.69) is 43.9 Å². The third kappa shape index (κ3) is 3.65. The molecule has 3 heterocycles. The minimum atomic E-state index is 0.375. The zero-order chi connectivity index (χ0) is 17.9. The molecule has 2 aromatic heterocycles. The molecule has 0 aliphatic carbocycles. The van der Waals surface area contributed by atoms with E-state index in [1.807, 2.05) is 42.7 Å². The van der Waals surface area contributed by atoms with Gasteiger partial charge in [0.05, 0.1) is 6.54 Å². The fourth-order valence-electron chi connectivity index (χ4n) is 3.18. The molecule has 6 heteroatoms. The van der Waals surface area contributed by atoms with E-state index >= 15 is 0 Å². The van der Waals surface area contributed by atoms with Gasteiger partial charge in [0.1, 0.15) is 5.82 Å². The molecule has 1 atom stereocenters. The molecular formula is C20H24N6. The Morgan fingerprint density at radius 1 is 1.15 bits per heavy atom. The highest BCUT2D eigenvalue weighted by Crippen LogP contribution is 2.17. The van der Waals surface area contributed by atoms with Crippen molar-refractivity contribution in [2.24, 2.45) is 0 Å². The molecule has 6 nitrogen and oxygen atoms in total. The molecule has 4 rings (SSSR count). The quantitative estimate of drug-likeness (QED) is 0.768. The monoisotopic (exact) mass is 348 g/mol. The Bertz CT molecular complexity index is 854. The molecule has 0 fully saturated rings. The molecule has 0 spiro atoms. The molecule has 0 radical (unpaired) electrons. The van der Waals surface area contributed by atoms with Crippen LogP contribution in [0.5, 0.6) is 0 Å². The van der Waals surface area contributed by atoms with Gasteiger partial charge in [0.15, 0.2) is 11.6 Å². The van der Waals surface area contributed by atoms with Gasteiger partial charge in [0, 0.05) is 48.4 Å². The lowest BCUT2D eigenvalue weighted by Crippen LogP contribution is -2.37. The molecule has 1 aromatic carbocycles. The molecule has 1 aliphatic rings. The van der Waals surface area contributed by atoms with Crippen molar-refractivity contribution < 1.29 is 0 Å².